The van der Waals surface area contributed by atoms with Gasteiger partial charge in [0, 0.05) is 12.5 Å². The van der Waals surface area contributed by atoms with Crippen LogP contribution in [0.2, 0.25) is 0 Å². The van der Waals surface area contributed by atoms with Gasteiger partial charge in [0.05, 0.1) is 0 Å². The van der Waals surface area contributed by atoms with Gasteiger partial charge in [-0.2, -0.15) is 0 Å². The van der Waals surface area contributed by atoms with E-state index in [9.17, 15) is 4.79 Å². The minimum absolute atomic E-state index is 0.374. The first kappa shape index (κ1) is 9.97. The van der Waals surface area contributed by atoms with Crippen LogP contribution in [-0.2, 0) is 4.79 Å². The second-order valence-corrected chi connectivity index (χ2v) is 4.66. The maximum atomic E-state index is 10.5. The predicted molar refractivity (Wildman–Crippen MR) is 54.2 cm³/mol. The molecule has 0 atom stereocenters. The lowest BCUT2D eigenvalue weighted by molar-refractivity contribution is -0.138. The monoisotopic (exact) mass is 197 g/mol. The molecule has 1 saturated heterocycles. The van der Waals surface area contributed by atoms with Crippen LogP contribution in [0.1, 0.15) is 38.5 Å². The molecule has 3 heteroatoms. The molecule has 1 saturated carbocycles. The van der Waals surface area contributed by atoms with Crippen molar-refractivity contribution in [2.45, 2.75) is 44.6 Å². The second-order valence-electron chi connectivity index (χ2n) is 4.66. The molecule has 1 heterocycles. The van der Waals surface area contributed by atoms with Crippen molar-refractivity contribution >= 4 is 5.97 Å². The highest BCUT2D eigenvalue weighted by molar-refractivity contribution is 5.67. The zero-order valence-corrected chi connectivity index (χ0v) is 8.61. The molecular weight excluding hydrogens is 178 g/mol. The van der Waals surface area contributed by atoms with E-state index in [4.69, 9.17) is 5.11 Å². The van der Waals surface area contributed by atoms with Crippen molar-refractivity contribution in [1.82, 2.24) is 4.90 Å². The molecule has 2 fully saturated rings. The third-order valence-corrected chi connectivity index (χ3v) is 3.70. The lowest BCUT2D eigenvalue weighted by atomic mass is 9.87. The summed E-state index contributed by atoms with van der Waals surface area (Å²) in [5.41, 5.74) is 0. The molecule has 0 unspecified atom stereocenters. The van der Waals surface area contributed by atoms with Crippen LogP contribution in [0.15, 0.2) is 0 Å². The second kappa shape index (κ2) is 4.30. The van der Waals surface area contributed by atoms with E-state index in [2.05, 4.69) is 4.90 Å². The molecule has 0 amide bonds. The predicted octanol–water partition coefficient (Wildman–Crippen LogP) is 1.73. The number of hydrogen-bond acceptors (Lipinski definition) is 2. The van der Waals surface area contributed by atoms with Crippen molar-refractivity contribution in [2.75, 3.05) is 13.1 Å². The van der Waals surface area contributed by atoms with Gasteiger partial charge in [0.15, 0.2) is 0 Å². The van der Waals surface area contributed by atoms with Gasteiger partial charge in [-0.15, -0.1) is 0 Å². The fourth-order valence-electron chi connectivity index (χ4n) is 2.52. The third-order valence-electron chi connectivity index (χ3n) is 3.70. The van der Waals surface area contributed by atoms with Crippen LogP contribution in [0.25, 0.3) is 0 Å². The first-order valence-corrected chi connectivity index (χ1v) is 5.71. The highest BCUT2D eigenvalue weighted by atomic mass is 16.4. The van der Waals surface area contributed by atoms with Gasteiger partial charge in [0.1, 0.15) is 0 Å². The van der Waals surface area contributed by atoms with Gasteiger partial charge in [0.2, 0.25) is 0 Å². The number of carboxylic acids is 1. The summed E-state index contributed by atoms with van der Waals surface area (Å²) in [6.07, 6.45) is 6.66. The Morgan fingerprint density at radius 3 is 2.29 bits per heavy atom. The van der Waals surface area contributed by atoms with Crippen molar-refractivity contribution in [2.24, 2.45) is 5.92 Å². The summed E-state index contributed by atoms with van der Waals surface area (Å²) in [5, 5.41) is 8.68. The summed E-state index contributed by atoms with van der Waals surface area (Å²) in [4.78, 5) is 13.1. The molecule has 1 aliphatic carbocycles. The third kappa shape index (κ3) is 2.27. The van der Waals surface area contributed by atoms with Crippen LogP contribution in [0.3, 0.4) is 0 Å². The van der Waals surface area contributed by atoms with E-state index >= 15 is 0 Å². The zero-order valence-electron chi connectivity index (χ0n) is 8.61. The SMILES string of the molecule is O=C(O)CC1CCN(C2CCC2)CC1. The number of carboxylic acid groups (broad SMARTS) is 1. The summed E-state index contributed by atoms with van der Waals surface area (Å²) in [6.45, 7) is 2.26. The van der Waals surface area contributed by atoms with Gasteiger partial charge in [-0.05, 0) is 44.7 Å². The maximum absolute atomic E-state index is 10.5. The van der Waals surface area contributed by atoms with Gasteiger partial charge in [-0.1, -0.05) is 6.42 Å². The highest BCUT2D eigenvalue weighted by Gasteiger charge is 2.29. The fraction of sp³-hybridized carbons (Fsp3) is 0.909. The first-order chi connectivity index (χ1) is 6.75. The summed E-state index contributed by atoms with van der Waals surface area (Å²) in [7, 11) is 0. The molecule has 0 bridgehead atoms. The number of carbonyl (C=O) groups is 1. The number of hydrogen-bond donors (Lipinski definition) is 1. The van der Waals surface area contributed by atoms with Crippen molar-refractivity contribution in [3.05, 3.63) is 0 Å². The summed E-state index contributed by atoms with van der Waals surface area (Å²) < 4.78 is 0. The van der Waals surface area contributed by atoms with Crippen LogP contribution in [-0.4, -0.2) is 35.1 Å². The van der Waals surface area contributed by atoms with Crippen LogP contribution in [0.4, 0.5) is 0 Å². The standard InChI is InChI=1S/C11H19NO2/c13-11(14)8-9-4-6-12(7-5-9)10-2-1-3-10/h9-10H,1-8H2,(H,13,14). The summed E-state index contributed by atoms with van der Waals surface area (Å²) >= 11 is 0. The Kier molecular flexibility index (Phi) is 3.06. The Balaban J connectivity index is 1.71. The Labute approximate surface area is 85.1 Å². The van der Waals surface area contributed by atoms with Crippen LogP contribution in [0.5, 0.6) is 0 Å². The molecule has 1 N–H and O–H groups in total. The van der Waals surface area contributed by atoms with Gasteiger partial charge in [-0.3, -0.25) is 4.79 Å². The Morgan fingerprint density at radius 2 is 1.86 bits per heavy atom. The Hall–Kier alpha value is -0.570. The van der Waals surface area contributed by atoms with Gasteiger partial charge in [-0.25, -0.2) is 0 Å². The molecule has 14 heavy (non-hydrogen) atoms. The summed E-state index contributed by atoms with van der Waals surface area (Å²) in [6, 6.07) is 0.834. The van der Waals surface area contributed by atoms with Crippen LogP contribution >= 0.6 is 0 Å². The number of likely N-dealkylation sites (tertiary alicyclic amines) is 1. The molecular formula is C11H19NO2. The van der Waals surface area contributed by atoms with Crippen molar-refractivity contribution in [3.8, 4) is 0 Å². The maximum Gasteiger partial charge on any atom is 0.303 e. The first-order valence-electron chi connectivity index (χ1n) is 5.71. The molecule has 3 nitrogen and oxygen atoms in total. The molecule has 2 aliphatic rings. The van der Waals surface area contributed by atoms with Gasteiger partial charge < -0.3 is 10.0 Å². The van der Waals surface area contributed by atoms with Crippen LogP contribution < -0.4 is 0 Å². The smallest absolute Gasteiger partial charge is 0.303 e. The average Bonchev–Trinajstić information content (AvgIpc) is 2.04. The molecule has 1 aliphatic heterocycles. The topological polar surface area (TPSA) is 40.5 Å². The normalized spacial score (nSPS) is 26.0. The molecule has 0 aromatic rings. The quantitative estimate of drug-likeness (QED) is 0.749. The van der Waals surface area contributed by atoms with E-state index in [0.29, 0.717) is 12.3 Å². The number of aliphatic carboxylic acids is 1. The average molecular weight is 197 g/mol. The molecule has 80 valence electrons. The van der Waals surface area contributed by atoms with E-state index in [1.807, 2.05) is 0 Å². The number of piperidine rings is 1. The van der Waals surface area contributed by atoms with E-state index in [1.165, 1.54) is 19.3 Å². The molecule has 0 aromatic carbocycles. The van der Waals surface area contributed by atoms with Crippen molar-refractivity contribution < 1.29 is 9.90 Å². The highest BCUT2D eigenvalue weighted by Crippen LogP contribution is 2.29. The van der Waals surface area contributed by atoms with Crippen molar-refractivity contribution in [1.29, 1.82) is 0 Å². The molecule has 0 spiro atoms. The largest absolute Gasteiger partial charge is 0.481 e. The Bertz CT molecular complexity index is 205. The summed E-state index contributed by atoms with van der Waals surface area (Å²) in [5.74, 6) is -0.198. The van der Waals surface area contributed by atoms with E-state index < -0.39 is 5.97 Å². The number of nitrogens with zero attached hydrogens (tertiary/aromatic N) is 1. The zero-order chi connectivity index (χ0) is 9.97. The van der Waals surface area contributed by atoms with E-state index in [1.54, 1.807) is 0 Å². The van der Waals surface area contributed by atoms with Gasteiger partial charge >= 0.3 is 5.97 Å². The molecule has 2 rings (SSSR count). The van der Waals surface area contributed by atoms with Gasteiger partial charge in [0.25, 0.3) is 0 Å². The van der Waals surface area contributed by atoms with Crippen molar-refractivity contribution in [3.63, 3.8) is 0 Å². The minimum atomic E-state index is -0.632. The lowest BCUT2D eigenvalue weighted by Gasteiger charge is -2.41. The van der Waals surface area contributed by atoms with Crippen LogP contribution in [0, 0.1) is 5.92 Å². The lowest BCUT2D eigenvalue weighted by Crippen LogP contribution is -2.44. The van der Waals surface area contributed by atoms with E-state index in [0.717, 1.165) is 32.0 Å². The van der Waals surface area contributed by atoms with E-state index in [-0.39, 0.29) is 0 Å². The fourth-order valence-corrected chi connectivity index (χ4v) is 2.52. The Morgan fingerprint density at radius 1 is 1.21 bits per heavy atom. The molecule has 0 radical (unpaired) electrons. The molecule has 0 aromatic heterocycles. The minimum Gasteiger partial charge on any atom is -0.481 e. The number of rotatable bonds is 3.